The highest BCUT2D eigenvalue weighted by atomic mass is 16.3. The molecule has 0 fully saturated rings. The van der Waals surface area contributed by atoms with E-state index in [1.54, 1.807) is 0 Å². The van der Waals surface area contributed by atoms with Crippen LogP contribution in [0.2, 0.25) is 0 Å². The van der Waals surface area contributed by atoms with Gasteiger partial charge in [0.2, 0.25) is 0 Å². The third-order valence-corrected chi connectivity index (χ3v) is 3.08. The first-order chi connectivity index (χ1) is 9.17. The highest BCUT2D eigenvalue weighted by Crippen LogP contribution is 2.12. The maximum Gasteiger partial charge on any atom is 0.118 e. The normalized spacial score (nSPS) is 11.2. The van der Waals surface area contributed by atoms with Crippen molar-refractivity contribution in [1.29, 1.82) is 0 Å². The number of nitrogens with zero attached hydrogens (tertiary/aromatic N) is 1. The molecular weight excluding hydrogens is 236 g/mol. The largest absolute Gasteiger partial charge is 0.465 e. The summed E-state index contributed by atoms with van der Waals surface area (Å²) in [5.74, 6) is 1.99. The first kappa shape index (κ1) is 13.8. The van der Waals surface area contributed by atoms with Gasteiger partial charge in [0.1, 0.15) is 11.5 Å². The van der Waals surface area contributed by atoms with E-state index in [0.717, 1.165) is 31.2 Å². The Morgan fingerprint density at radius 3 is 2.26 bits per heavy atom. The van der Waals surface area contributed by atoms with E-state index < -0.39 is 0 Å². The Morgan fingerprint density at radius 2 is 1.68 bits per heavy atom. The highest BCUT2D eigenvalue weighted by molar-refractivity contribution is 5.22. The summed E-state index contributed by atoms with van der Waals surface area (Å²) in [5.41, 5.74) is 2.64. The molecule has 2 aromatic rings. The first-order valence-corrected chi connectivity index (χ1v) is 6.63. The van der Waals surface area contributed by atoms with Crippen LogP contribution in [0.1, 0.15) is 22.6 Å². The van der Waals surface area contributed by atoms with E-state index in [1.165, 1.54) is 11.1 Å². The average molecular weight is 258 g/mol. The minimum atomic E-state index is 0.839. The van der Waals surface area contributed by atoms with Crippen LogP contribution >= 0.6 is 0 Å². The third-order valence-electron chi connectivity index (χ3n) is 3.08. The van der Waals surface area contributed by atoms with Crippen molar-refractivity contribution in [2.45, 2.75) is 26.6 Å². The fourth-order valence-electron chi connectivity index (χ4n) is 2.17. The number of aryl methyl sites for hydroxylation is 1. The zero-order chi connectivity index (χ0) is 13.7. The lowest BCUT2D eigenvalue weighted by Gasteiger charge is -2.15. The maximum atomic E-state index is 5.59. The van der Waals surface area contributed by atoms with Gasteiger partial charge in [-0.25, -0.2) is 0 Å². The molecule has 19 heavy (non-hydrogen) atoms. The van der Waals surface area contributed by atoms with Crippen molar-refractivity contribution >= 4 is 0 Å². The minimum absolute atomic E-state index is 0.839. The Morgan fingerprint density at radius 1 is 1.00 bits per heavy atom. The molecule has 102 valence electrons. The second-order valence-electron chi connectivity index (χ2n) is 5.03. The third kappa shape index (κ3) is 4.23. The van der Waals surface area contributed by atoms with Crippen molar-refractivity contribution in [3.05, 3.63) is 59.0 Å². The second kappa shape index (κ2) is 6.55. The van der Waals surface area contributed by atoms with Gasteiger partial charge in [-0.2, -0.15) is 0 Å². The van der Waals surface area contributed by atoms with Crippen molar-refractivity contribution in [3.8, 4) is 0 Å². The predicted molar refractivity (Wildman–Crippen MR) is 77.8 cm³/mol. The van der Waals surface area contributed by atoms with E-state index in [9.17, 15) is 0 Å². The molecule has 0 spiro atoms. The summed E-state index contributed by atoms with van der Waals surface area (Å²) >= 11 is 0. The lowest BCUT2D eigenvalue weighted by Crippen LogP contribution is -2.16. The molecule has 0 saturated heterocycles. The molecule has 1 aromatic heterocycles. The molecule has 1 N–H and O–H groups in total. The van der Waals surface area contributed by atoms with Crippen LogP contribution in [0.5, 0.6) is 0 Å². The van der Waals surface area contributed by atoms with Crippen molar-refractivity contribution in [2.24, 2.45) is 0 Å². The summed E-state index contributed by atoms with van der Waals surface area (Å²) in [6.07, 6.45) is 0. The quantitative estimate of drug-likeness (QED) is 0.863. The van der Waals surface area contributed by atoms with E-state index in [0.29, 0.717) is 0 Å². The summed E-state index contributed by atoms with van der Waals surface area (Å²) in [6.45, 7) is 4.66. The molecule has 2 rings (SSSR count). The molecule has 0 aliphatic heterocycles. The van der Waals surface area contributed by atoms with Gasteiger partial charge in [-0.05, 0) is 44.3 Å². The lowest BCUT2D eigenvalue weighted by molar-refractivity contribution is 0.285. The maximum absolute atomic E-state index is 5.59. The summed E-state index contributed by atoms with van der Waals surface area (Å²) in [5, 5.41) is 3.16. The second-order valence-corrected chi connectivity index (χ2v) is 5.03. The summed E-state index contributed by atoms with van der Waals surface area (Å²) in [6, 6.07) is 12.8. The lowest BCUT2D eigenvalue weighted by atomic mass is 10.1. The van der Waals surface area contributed by atoms with Gasteiger partial charge in [0.05, 0.1) is 6.54 Å². The average Bonchev–Trinajstić information content (AvgIpc) is 2.77. The Bertz CT molecular complexity index is 502. The SMILES string of the molecule is CNCc1ccc(CN(C)Cc2ccc(C)o2)cc1. The van der Waals surface area contributed by atoms with Gasteiger partial charge in [-0.15, -0.1) is 0 Å². The number of hydrogen-bond acceptors (Lipinski definition) is 3. The van der Waals surface area contributed by atoms with Gasteiger partial charge in [0.25, 0.3) is 0 Å². The molecule has 3 heteroatoms. The molecule has 0 aliphatic carbocycles. The molecule has 3 nitrogen and oxygen atoms in total. The predicted octanol–water partition coefficient (Wildman–Crippen LogP) is 2.94. The van der Waals surface area contributed by atoms with Crippen LogP contribution in [0, 0.1) is 6.92 Å². The molecule has 1 aromatic carbocycles. The number of furan rings is 1. The molecule has 0 radical (unpaired) electrons. The molecule has 1 heterocycles. The number of rotatable bonds is 6. The van der Waals surface area contributed by atoms with E-state index in [2.05, 4.69) is 41.5 Å². The molecule has 0 saturated carbocycles. The Balaban J connectivity index is 1.89. The van der Waals surface area contributed by atoms with Gasteiger partial charge in [0, 0.05) is 13.1 Å². The number of benzene rings is 1. The monoisotopic (exact) mass is 258 g/mol. The van der Waals surface area contributed by atoms with E-state index >= 15 is 0 Å². The smallest absolute Gasteiger partial charge is 0.118 e. The van der Waals surface area contributed by atoms with Crippen LogP contribution < -0.4 is 5.32 Å². The van der Waals surface area contributed by atoms with Gasteiger partial charge < -0.3 is 9.73 Å². The Hall–Kier alpha value is -1.58. The molecule has 0 unspecified atom stereocenters. The van der Waals surface area contributed by atoms with Crippen molar-refractivity contribution in [2.75, 3.05) is 14.1 Å². The van der Waals surface area contributed by atoms with Gasteiger partial charge >= 0.3 is 0 Å². The van der Waals surface area contributed by atoms with Crippen LogP contribution in [0.25, 0.3) is 0 Å². The Labute approximate surface area is 115 Å². The molecule has 0 amide bonds. The number of nitrogens with one attached hydrogen (secondary N) is 1. The van der Waals surface area contributed by atoms with Crippen LogP contribution in [-0.2, 0) is 19.6 Å². The van der Waals surface area contributed by atoms with Gasteiger partial charge in [-0.1, -0.05) is 24.3 Å². The van der Waals surface area contributed by atoms with Crippen LogP contribution in [-0.4, -0.2) is 19.0 Å². The van der Waals surface area contributed by atoms with E-state index in [-0.39, 0.29) is 0 Å². The van der Waals surface area contributed by atoms with Crippen LogP contribution in [0.3, 0.4) is 0 Å². The standard InChI is InChI=1S/C16H22N2O/c1-13-4-9-16(19-13)12-18(3)11-15-7-5-14(6-8-15)10-17-2/h4-9,17H,10-12H2,1-3H3. The first-order valence-electron chi connectivity index (χ1n) is 6.63. The van der Waals surface area contributed by atoms with Gasteiger partial charge in [-0.3, -0.25) is 4.90 Å². The van der Waals surface area contributed by atoms with E-state index in [1.807, 2.05) is 26.1 Å². The van der Waals surface area contributed by atoms with Crippen molar-refractivity contribution < 1.29 is 4.42 Å². The molecule has 0 aliphatic rings. The highest BCUT2D eigenvalue weighted by Gasteiger charge is 2.05. The zero-order valence-corrected chi connectivity index (χ0v) is 11.9. The molecule has 0 bridgehead atoms. The Kier molecular flexibility index (Phi) is 4.77. The fourth-order valence-corrected chi connectivity index (χ4v) is 2.17. The van der Waals surface area contributed by atoms with Crippen LogP contribution in [0.4, 0.5) is 0 Å². The summed E-state index contributed by atoms with van der Waals surface area (Å²) in [7, 11) is 4.08. The number of hydrogen-bond donors (Lipinski definition) is 1. The van der Waals surface area contributed by atoms with Crippen molar-refractivity contribution in [3.63, 3.8) is 0 Å². The van der Waals surface area contributed by atoms with E-state index in [4.69, 9.17) is 4.42 Å². The topological polar surface area (TPSA) is 28.4 Å². The molecule has 0 atom stereocenters. The summed E-state index contributed by atoms with van der Waals surface area (Å²) in [4.78, 5) is 2.26. The van der Waals surface area contributed by atoms with Crippen molar-refractivity contribution in [1.82, 2.24) is 10.2 Å². The van der Waals surface area contributed by atoms with Crippen LogP contribution in [0.15, 0.2) is 40.8 Å². The fraction of sp³-hybridized carbons (Fsp3) is 0.375. The minimum Gasteiger partial charge on any atom is -0.465 e. The van der Waals surface area contributed by atoms with Gasteiger partial charge in [0.15, 0.2) is 0 Å². The summed E-state index contributed by atoms with van der Waals surface area (Å²) < 4.78 is 5.59. The zero-order valence-electron chi connectivity index (χ0n) is 11.9. The molecular formula is C16H22N2O.